The van der Waals surface area contributed by atoms with Crippen LogP contribution in [0.3, 0.4) is 0 Å². The average Bonchev–Trinajstić information content (AvgIpc) is 2.73. The fourth-order valence-electron chi connectivity index (χ4n) is 1.58. The van der Waals surface area contributed by atoms with Crippen LogP contribution >= 0.6 is 15.9 Å². The van der Waals surface area contributed by atoms with E-state index in [2.05, 4.69) is 15.9 Å². The van der Waals surface area contributed by atoms with Crippen molar-refractivity contribution in [3.05, 3.63) is 28.2 Å². The number of ether oxygens (including phenoxy) is 2. The number of benzene rings is 1. The van der Waals surface area contributed by atoms with Gasteiger partial charge in [0.2, 0.25) is 0 Å². The molecule has 1 aromatic rings. The number of hydrogen-bond acceptors (Lipinski definition) is 3. The van der Waals surface area contributed by atoms with Crippen LogP contribution in [0.5, 0.6) is 5.75 Å². The zero-order valence-corrected chi connectivity index (χ0v) is 10.00. The molecular weight excluding hydrogens is 258 g/mol. The quantitative estimate of drug-likeness (QED) is 0.916. The molecule has 1 fully saturated rings. The maximum atomic E-state index is 5.77. The molecule has 15 heavy (non-hydrogen) atoms. The second-order valence-corrected chi connectivity index (χ2v) is 4.42. The minimum atomic E-state index is 0.191. The SMILES string of the molecule is NCc1cc(OC2CCOC2)ccc1Br. The van der Waals surface area contributed by atoms with Gasteiger partial charge in [-0.2, -0.15) is 0 Å². The monoisotopic (exact) mass is 271 g/mol. The summed E-state index contributed by atoms with van der Waals surface area (Å²) in [6, 6.07) is 5.89. The highest BCUT2D eigenvalue weighted by Gasteiger charge is 2.17. The van der Waals surface area contributed by atoms with Crippen LogP contribution in [0, 0.1) is 0 Å². The lowest BCUT2D eigenvalue weighted by Crippen LogP contribution is -2.15. The Balaban J connectivity index is 2.07. The van der Waals surface area contributed by atoms with Crippen LogP contribution in [-0.2, 0) is 11.3 Å². The maximum Gasteiger partial charge on any atom is 0.124 e. The van der Waals surface area contributed by atoms with Crippen molar-refractivity contribution in [2.45, 2.75) is 19.1 Å². The standard InChI is InChI=1S/C11H14BrNO2/c12-11-2-1-9(5-8(11)6-13)15-10-3-4-14-7-10/h1-2,5,10H,3-4,6-7,13H2. The van der Waals surface area contributed by atoms with Gasteiger partial charge in [-0.15, -0.1) is 0 Å². The van der Waals surface area contributed by atoms with Crippen LogP contribution < -0.4 is 10.5 Å². The Bertz CT molecular complexity index is 337. The molecule has 1 aromatic carbocycles. The Hall–Kier alpha value is -0.580. The molecule has 1 atom stereocenters. The third-order valence-corrected chi connectivity index (χ3v) is 3.20. The first-order valence-electron chi connectivity index (χ1n) is 5.02. The first kappa shape index (κ1) is 10.9. The Morgan fingerprint density at radius 3 is 3.07 bits per heavy atom. The molecule has 1 saturated heterocycles. The third kappa shape index (κ3) is 2.71. The van der Waals surface area contributed by atoms with Gasteiger partial charge in [0.1, 0.15) is 11.9 Å². The average molecular weight is 272 g/mol. The molecule has 0 aromatic heterocycles. The van der Waals surface area contributed by atoms with Crippen LogP contribution in [-0.4, -0.2) is 19.3 Å². The second-order valence-electron chi connectivity index (χ2n) is 3.56. The zero-order valence-electron chi connectivity index (χ0n) is 8.41. The molecule has 2 N–H and O–H groups in total. The fraction of sp³-hybridized carbons (Fsp3) is 0.455. The van der Waals surface area contributed by atoms with Crippen LogP contribution in [0.2, 0.25) is 0 Å². The summed E-state index contributed by atoms with van der Waals surface area (Å²) in [6.45, 7) is 2.00. The Kier molecular flexibility index (Phi) is 3.61. The molecule has 0 amide bonds. The molecule has 0 bridgehead atoms. The Morgan fingerprint density at radius 2 is 2.40 bits per heavy atom. The first-order valence-corrected chi connectivity index (χ1v) is 5.82. The van der Waals surface area contributed by atoms with E-state index < -0.39 is 0 Å². The number of hydrogen-bond donors (Lipinski definition) is 1. The van der Waals surface area contributed by atoms with E-state index in [0.29, 0.717) is 13.2 Å². The fourth-order valence-corrected chi connectivity index (χ4v) is 1.99. The van der Waals surface area contributed by atoms with Crippen LogP contribution in [0.15, 0.2) is 22.7 Å². The van der Waals surface area contributed by atoms with E-state index in [1.807, 2.05) is 18.2 Å². The molecule has 1 heterocycles. The van der Waals surface area contributed by atoms with Gasteiger partial charge in [0.15, 0.2) is 0 Å². The molecule has 0 saturated carbocycles. The molecule has 1 aliphatic heterocycles. The van der Waals surface area contributed by atoms with Gasteiger partial charge in [0.25, 0.3) is 0 Å². The summed E-state index contributed by atoms with van der Waals surface area (Å²) in [4.78, 5) is 0. The second kappa shape index (κ2) is 4.96. The highest BCUT2D eigenvalue weighted by molar-refractivity contribution is 9.10. The van der Waals surface area contributed by atoms with Crippen LogP contribution in [0.25, 0.3) is 0 Å². The lowest BCUT2D eigenvalue weighted by molar-refractivity contribution is 0.141. The van der Waals surface area contributed by atoms with Gasteiger partial charge in [0, 0.05) is 17.4 Å². The van der Waals surface area contributed by atoms with Gasteiger partial charge in [-0.3, -0.25) is 0 Å². The predicted molar refractivity (Wildman–Crippen MR) is 61.9 cm³/mol. The lowest BCUT2D eigenvalue weighted by Gasteiger charge is -2.13. The summed E-state index contributed by atoms with van der Waals surface area (Å²) in [5.41, 5.74) is 6.68. The first-order chi connectivity index (χ1) is 7.29. The molecule has 2 rings (SSSR count). The van der Waals surface area contributed by atoms with Crippen molar-refractivity contribution in [3.8, 4) is 5.75 Å². The van der Waals surface area contributed by atoms with E-state index in [4.69, 9.17) is 15.2 Å². The van der Waals surface area contributed by atoms with Gasteiger partial charge in [-0.25, -0.2) is 0 Å². The predicted octanol–water partition coefficient (Wildman–Crippen LogP) is 2.08. The minimum absolute atomic E-state index is 0.191. The van der Waals surface area contributed by atoms with Gasteiger partial charge < -0.3 is 15.2 Å². The van der Waals surface area contributed by atoms with Crippen molar-refractivity contribution >= 4 is 15.9 Å². The molecule has 82 valence electrons. The number of nitrogens with two attached hydrogens (primary N) is 1. The minimum Gasteiger partial charge on any atom is -0.488 e. The number of rotatable bonds is 3. The van der Waals surface area contributed by atoms with Gasteiger partial charge >= 0.3 is 0 Å². The van der Waals surface area contributed by atoms with Crippen molar-refractivity contribution in [3.63, 3.8) is 0 Å². The largest absolute Gasteiger partial charge is 0.488 e. The smallest absolute Gasteiger partial charge is 0.124 e. The van der Waals surface area contributed by atoms with Crippen molar-refractivity contribution in [2.24, 2.45) is 5.73 Å². The van der Waals surface area contributed by atoms with Crippen molar-refractivity contribution < 1.29 is 9.47 Å². The molecular formula is C11H14BrNO2. The molecule has 0 aliphatic carbocycles. The van der Waals surface area contributed by atoms with Gasteiger partial charge in [0.05, 0.1) is 13.2 Å². The topological polar surface area (TPSA) is 44.5 Å². The van der Waals surface area contributed by atoms with E-state index in [1.165, 1.54) is 0 Å². The Labute approximate surface area is 97.7 Å². The summed E-state index contributed by atoms with van der Waals surface area (Å²) >= 11 is 3.44. The summed E-state index contributed by atoms with van der Waals surface area (Å²) < 4.78 is 12.0. The summed E-state index contributed by atoms with van der Waals surface area (Å²) in [5.74, 6) is 0.870. The maximum absolute atomic E-state index is 5.77. The van der Waals surface area contributed by atoms with Crippen LogP contribution in [0.4, 0.5) is 0 Å². The van der Waals surface area contributed by atoms with E-state index in [1.54, 1.807) is 0 Å². The van der Waals surface area contributed by atoms with E-state index in [-0.39, 0.29) is 6.10 Å². The molecule has 1 aliphatic rings. The molecule has 0 spiro atoms. The lowest BCUT2D eigenvalue weighted by atomic mass is 10.2. The van der Waals surface area contributed by atoms with E-state index in [0.717, 1.165) is 28.8 Å². The summed E-state index contributed by atoms with van der Waals surface area (Å²) in [7, 11) is 0. The van der Waals surface area contributed by atoms with Gasteiger partial charge in [-0.05, 0) is 23.8 Å². The molecule has 4 heteroatoms. The molecule has 0 radical (unpaired) electrons. The third-order valence-electron chi connectivity index (χ3n) is 2.43. The van der Waals surface area contributed by atoms with Crippen molar-refractivity contribution in [2.75, 3.05) is 13.2 Å². The van der Waals surface area contributed by atoms with Crippen molar-refractivity contribution in [1.29, 1.82) is 0 Å². The summed E-state index contributed by atoms with van der Waals surface area (Å²) in [5, 5.41) is 0. The van der Waals surface area contributed by atoms with E-state index >= 15 is 0 Å². The zero-order chi connectivity index (χ0) is 10.7. The number of halogens is 1. The summed E-state index contributed by atoms with van der Waals surface area (Å²) in [6.07, 6.45) is 1.16. The Morgan fingerprint density at radius 1 is 1.53 bits per heavy atom. The van der Waals surface area contributed by atoms with Gasteiger partial charge in [-0.1, -0.05) is 15.9 Å². The highest BCUT2D eigenvalue weighted by Crippen LogP contribution is 2.24. The normalized spacial score (nSPS) is 20.5. The highest BCUT2D eigenvalue weighted by atomic mass is 79.9. The van der Waals surface area contributed by atoms with E-state index in [9.17, 15) is 0 Å². The molecule has 1 unspecified atom stereocenters. The molecule has 3 nitrogen and oxygen atoms in total. The van der Waals surface area contributed by atoms with Crippen LogP contribution in [0.1, 0.15) is 12.0 Å². The van der Waals surface area contributed by atoms with Crippen molar-refractivity contribution in [1.82, 2.24) is 0 Å².